The van der Waals surface area contributed by atoms with E-state index in [1.807, 2.05) is 0 Å². The average Bonchev–Trinajstić information content (AvgIpc) is 2.42. The highest BCUT2D eigenvalue weighted by Gasteiger charge is 2.16. The molecule has 1 aromatic carbocycles. The highest BCUT2D eigenvalue weighted by atomic mass is 35.5. The summed E-state index contributed by atoms with van der Waals surface area (Å²) in [4.78, 5) is 14.2. The minimum atomic E-state index is -0.582. The summed E-state index contributed by atoms with van der Waals surface area (Å²) in [6.45, 7) is 0. The maximum Gasteiger partial charge on any atom is 0.272 e. The van der Waals surface area contributed by atoms with Gasteiger partial charge >= 0.3 is 0 Å². The Balaban J connectivity index is 2.36. The second kappa shape index (κ2) is 5.94. The summed E-state index contributed by atoms with van der Waals surface area (Å²) >= 11 is 11.9. The first-order valence-corrected chi connectivity index (χ1v) is 6.23. The lowest BCUT2D eigenvalue weighted by Gasteiger charge is -2.09. The lowest BCUT2D eigenvalue weighted by Crippen LogP contribution is -1.95. The van der Waals surface area contributed by atoms with Crippen LogP contribution < -0.4 is 10.1 Å². The first-order valence-electron chi connectivity index (χ1n) is 5.47. The number of nitro benzene ring substituents is 1. The summed E-state index contributed by atoms with van der Waals surface area (Å²) in [7, 11) is 1.72. The van der Waals surface area contributed by atoms with E-state index in [9.17, 15) is 10.1 Å². The molecule has 8 heteroatoms. The van der Waals surface area contributed by atoms with Crippen molar-refractivity contribution in [2.45, 2.75) is 0 Å². The number of rotatable bonds is 4. The van der Waals surface area contributed by atoms with Gasteiger partial charge in [0.05, 0.1) is 15.0 Å². The van der Waals surface area contributed by atoms with Crippen LogP contribution in [0.4, 0.5) is 11.5 Å². The van der Waals surface area contributed by atoms with Crippen molar-refractivity contribution in [3.63, 3.8) is 0 Å². The van der Waals surface area contributed by atoms with Gasteiger partial charge in [-0.2, -0.15) is 4.98 Å². The number of non-ortho nitro benzene ring substituents is 1. The molecule has 20 heavy (non-hydrogen) atoms. The van der Waals surface area contributed by atoms with E-state index >= 15 is 0 Å². The second-order valence-corrected chi connectivity index (χ2v) is 4.52. The van der Waals surface area contributed by atoms with Crippen LogP contribution in [-0.4, -0.2) is 17.0 Å². The van der Waals surface area contributed by atoms with Crippen LogP contribution in [0.25, 0.3) is 0 Å². The average molecular weight is 314 g/mol. The van der Waals surface area contributed by atoms with Gasteiger partial charge in [-0.25, -0.2) is 0 Å². The van der Waals surface area contributed by atoms with E-state index in [2.05, 4.69) is 10.3 Å². The van der Waals surface area contributed by atoms with Gasteiger partial charge in [0, 0.05) is 25.2 Å². The lowest BCUT2D eigenvalue weighted by molar-refractivity contribution is -0.384. The van der Waals surface area contributed by atoms with Crippen LogP contribution in [-0.2, 0) is 0 Å². The fourth-order valence-electron chi connectivity index (χ4n) is 1.46. The molecule has 0 radical (unpaired) electrons. The van der Waals surface area contributed by atoms with E-state index in [1.54, 1.807) is 25.2 Å². The zero-order chi connectivity index (χ0) is 14.7. The van der Waals surface area contributed by atoms with Crippen molar-refractivity contribution in [3.8, 4) is 11.6 Å². The molecule has 0 amide bonds. The number of nitrogens with one attached hydrogen (secondary N) is 1. The van der Waals surface area contributed by atoms with E-state index < -0.39 is 4.92 Å². The highest BCUT2D eigenvalue weighted by Crippen LogP contribution is 2.39. The van der Waals surface area contributed by atoms with Gasteiger partial charge in [-0.3, -0.25) is 10.1 Å². The molecule has 0 aliphatic carbocycles. The van der Waals surface area contributed by atoms with Crippen molar-refractivity contribution in [1.82, 2.24) is 4.98 Å². The number of hydrogen-bond acceptors (Lipinski definition) is 5. The normalized spacial score (nSPS) is 10.2. The molecule has 0 saturated heterocycles. The van der Waals surface area contributed by atoms with Gasteiger partial charge in [0.25, 0.3) is 5.69 Å². The van der Waals surface area contributed by atoms with Gasteiger partial charge < -0.3 is 10.1 Å². The number of nitro groups is 1. The number of hydrogen-bond donors (Lipinski definition) is 1. The molecular formula is C12H9Cl2N3O3. The van der Waals surface area contributed by atoms with Crippen molar-refractivity contribution in [2.24, 2.45) is 0 Å². The van der Waals surface area contributed by atoms with Gasteiger partial charge in [0.2, 0.25) is 5.88 Å². The van der Waals surface area contributed by atoms with Crippen molar-refractivity contribution in [2.75, 3.05) is 12.4 Å². The van der Waals surface area contributed by atoms with Gasteiger partial charge in [0.15, 0.2) is 5.75 Å². The molecule has 0 aliphatic rings. The van der Waals surface area contributed by atoms with Crippen LogP contribution in [0.3, 0.4) is 0 Å². The van der Waals surface area contributed by atoms with Crippen molar-refractivity contribution >= 4 is 34.7 Å². The molecule has 1 N–H and O–H groups in total. The summed E-state index contributed by atoms with van der Waals surface area (Å²) in [6.07, 6.45) is 0. The number of benzene rings is 1. The summed E-state index contributed by atoms with van der Waals surface area (Å²) in [6, 6.07) is 7.46. The molecular weight excluding hydrogens is 305 g/mol. The number of halogens is 2. The van der Waals surface area contributed by atoms with Crippen LogP contribution >= 0.6 is 23.2 Å². The summed E-state index contributed by atoms with van der Waals surface area (Å²) in [5.74, 6) is 1.01. The number of pyridine rings is 1. The quantitative estimate of drug-likeness (QED) is 0.678. The van der Waals surface area contributed by atoms with E-state index in [0.717, 1.165) is 0 Å². The largest absolute Gasteiger partial charge is 0.436 e. The summed E-state index contributed by atoms with van der Waals surface area (Å²) < 4.78 is 5.48. The zero-order valence-corrected chi connectivity index (χ0v) is 11.8. The highest BCUT2D eigenvalue weighted by molar-refractivity contribution is 6.37. The molecule has 0 bridgehead atoms. The topological polar surface area (TPSA) is 77.3 Å². The number of anilines is 1. The molecule has 1 aromatic heterocycles. The van der Waals surface area contributed by atoms with Crippen molar-refractivity contribution in [1.29, 1.82) is 0 Å². The molecule has 104 valence electrons. The number of ether oxygens (including phenoxy) is 1. The Morgan fingerprint density at radius 3 is 2.50 bits per heavy atom. The Labute approximate surface area is 124 Å². The molecule has 2 rings (SSSR count). The van der Waals surface area contributed by atoms with Crippen LogP contribution in [0.2, 0.25) is 10.0 Å². The Bertz CT molecular complexity index is 641. The fourth-order valence-corrected chi connectivity index (χ4v) is 2.02. The molecule has 0 fully saturated rings. The first-order chi connectivity index (χ1) is 9.51. The smallest absolute Gasteiger partial charge is 0.272 e. The Morgan fingerprint density at radius 1 is 1.30 bits per heavy atom. The van der Waals surface area contributed by atoms with Crippen LogP contribution in [0.5, 0.6) is 11.6 Å². The van der Waals surface area contributed by atoms with E-state index in [4.69, 9.17) is 27.9 Å². The van der Waals surface area contributed by atoms with Gasteiger partial charge in [-0.1, -0.05) is 29.3 Å². The van der Waals surface area contributed by atoms with E-state index in [-0.39, 0.29) is 27.4 Å². The first kappa shape index (κ1) is 14.4. The minimum Gasteiger partial charge on any atom is -0.436 e. The van der Waals surface area contributed by atoms with Gasteiger partial charge in [0.1, 0.15) is 5.82 Å². The third kappa shape index (κ3) is 3.09. The fraction of sp³-hybridized carbons (Fsp3) is 0.0833. The SMILES string of the molecule is CNc1cccc(Oc2c(Cl)cc([N+](=O)[O-])cc2Cl)n1. The molecule has 1 heterocycles. The molecule has 0 atom stereocenters. The number of nitrogens with zero attached hydrogens (tertiary/aromatic N) is 2. The lowest BCUT2D eigenvalue weighted by atomic mass is 10.3. The molecule has 0 saturated carbocycles. The monoisotopic (exact) mass is 313 g/mol. The summed E-state index contributed by atoms with van der Waals surface area (Å²) in [5.41, 5.74) is -0.204. The number of aromatic nitrogens is 1. The van der Waals surface area contributed by atoms with Gasteiger partial charge in [-0.15, -0.1) is 0 Å². The molecule has 0 spiro atoms. The zero-order valence-electron chi connectivity index (χ0n) is 10.3. The summed E-state index contributed by atoms with van der Waals surface area (Å²) in [5, 5.41) is 13.6. The third-order valence-electron chi connectivity index (χ3n) is 2.38. The predicted molar refractivity (Wildman–Crippen MR) is 77.0 cm³/mol. The van der Waals surface area contributed by atoms with Crippen LogP contribution in [0.1, 0.15) is 0 Å². The Hall–Kier alpha value is -2.05. The van der Waals surface area contributed by atoms with E-state index in [0.29, 0.717) is 5.82 Å². The molecule has 0 aliphatic heterocycles. The minimum absolute atomic E-state index is 0.0425. The molecule has 2 aromatic rings. The van der Waals surface area contributed by atoms with E-state index in [1.165, 1.54) is 12.1 Å². The third-order valence-corrected chi connectivity index (χ3v) is 2.94. The maximum atomic E-state index is 10.7. The molecule has 6 nitrogen and oxygen atoms in total. The molecule has 0 unspecified atom stereocenters. The van der Waals surface area contributed by atoms with Crippen molar-refractivity contribution in [3.05, 3.63) is 50.5 Å². The second-order valence-electron chi connectivity index (χ2n) is 3.71. The Morgan fingerprint density at radius 2 is 1.95 bits per heavy atom. The van der Waals surface area contributed by atoms with Crippen LogP contribution in [0.15, 0.2) is 30.3 Å². The maximum absolute atomic E-state index is 10.7. The van der Waals surface area contributed by atoms with Crippen molar-refractivity contribution < 1.29 is 9.66 Å². The predicted octanol–water partition coefficient (Wildman–Crippen LogP) is 4.13. The van der Waals surface area contributed by atoms with Crippen LogP contribution in [0, 0.1) is 10.1 Å². The van der Waals surface area contributed by atoms with Gasteiger partial charge in [-0.05, 0) is 6.07 Å². The standard InChI is InChI=1S/C12H9Cl2N3O3/c1-15-10-3-2-4-11(16-10)20-12-8(13)5-7(17(18)19)6-9(12)14/h2-6H,1H3,(H,15,16). The Kier molecular flexibility index (Phi) is 4.26.